The van der Waals surface area contributed by atoms with Crippen LogP contribution in [0.15, 0.2) is 24.3 Å². The number of carbonyl (C=O) groups excluding carboxylic acids is 2. The summed E-state index contributed by atoms with van der Waals surface area (Å²) in [7, 11) is 0. The summed E-state index contributed by atoms with van der Waals surface area (Å²) < 4.78 is 5.49. The van der Waals surface area contributed by atoms with Crippen LogP contribution in [0, 0.1) is 0 Å². The number of ether oxygens (including phenoxy) is 1. The molecule has 0 radical (unpaired) electrons. The predicted octanol–water partition coefficient (Wildman–Crippen LogP) is 21.4. The van der Waals surface area contributed by atoms with E-state index in [9.17, 15) is 19.8 Å². The third kappa shape index (κ3) is 59.6. The van der Waals surface area contributed by atoms with Crippen molar-refractivity contribution in [1.82, 2.24) is 5.32 Å². The third-order valence-electron chi connectivity index (χ3n) is 15.8. The number of carbonyl (C=O) groups is 2. The molecule has 0 saturated heterocycles. The van der Waals surface area contributed by atoms with Crippen LogP contribution in [0.2, 0.25) is 0 Å². The van der Waals surface area contributed by atoms with Crippen molar-refractivity contribution in [3.63, 3.8) is 0 Å². The minimum atomic E-state index is -0.665. The molecule has 2 unspecified atom stereocenters. The molecule has 0 aliphatic carbocycles. The number of allylic oxidation sites excluding steroid dienone is 4. The molecule has 0 aromatic rings. The number of aliphatic hydroxyl groups excluding tert-OH is 2. The molecule has 0 aliphatic heterocycles. The Kier molecular flexibility index (Phi) is 62.4. The fourth-order valence-corrected chi connectivity index (χ4v) is 10.6. The van der Waals surface area contributed by atoms with E-state index in [1.165, 1.54) is 289 Å². The monoisotopic (exact) mass is 1040 g/mol. The molecule has 0 saturated carbocycles. The number of esters is 1. The van der Waals surface area contributed by atoms with Gasteiger partial charge in [-0.3, -0.25) is 9.59 Å². The Balaban J connectivity index is 3.37. The molecule has 0 fully saturated rings. The van der Waals surface area contributed by atoms with E-state index in [1.807, 2.05) is 0 Å². The van der Waals surface area contributed by atoms with Gasteiger partial charge in [0, 0.05) is 12.8 Å². The number of amides is 1. The summed E-state index contributed by atoms with van der Waals surface area (Å²) in [5.41, 5.74) is 0. The predicted molar refractivity (Wildman–Crippen MR) is 324 cm³/mol. The SMILES string of the molecule is CCCCC/C=C\C/C=C\CCCCCCCCCC(=O)OCCCCCCCCCCCCCCCCCCCCCCCCC(=O)NC(CO)C(O)CCCCCCCCCCCCCCCCCCCC. The van der Waals surface area contributed by atoms with Crippen molar-refractivity contribution in [2.24, 2.45) is 0 Å². The van der Waals surface area contributed by atoms with Gasteiger partial charge in [0.15, 0.2) is 0 Å². The van der Waals surface area contributed by atoms with Crippen molar-refractivity contribution in [3.05, 3.63) is 24.3 Å². The minimum absolute atomic E-state index is 0.00630. The molecule has 3 N–H and O–H groups in total. The summed E-state index contributed by atoms with van der Waals surface area (Å²) in [5.74, 6) is -0.0255. The van der Waals surface area contributed by atoms with Crippen molar-refractivity contribution < 1.29 is 24.5 Å². The summed E-state index contributed by atoms with van der Waals surface area (Å²) in [4.78, 5) is 24.6. The smallest absolute Gasteiger partial charge is 0.305 e. The molecular formula is C68H131NO5. The number of hydrogen-bond donors (Lipinski definition) is 3. The molecule has 0 aromatic heterocycles. The van der Waals surface area contributed by atoms with Gasteiger partial charge in [0.1, 0.15) is 0 Å². The van der Waals surface area contributed by atoms with Gasteiger partial charge in [0.2, 0.25) is 5.91 Å². The minimum Gasteiger partial charge on any atom is -0.466 e. The molecule has 0 rings (SSSR count). The molecule has 0 aliphatic rings. The standard InChI is InChI=1S/C68H131NO5/c1-3-5-7-9-11-13-15-17-19-21-29-32-36-40-44-48-52-56-60-66(71)65(64-70)69-67(72)61-57-53-49-45-41-37-33-30-26-24-22-23-25-27-31-35-39-43-47-51-55-59-63-74-68(73)62-58-54-50-46-42-38-34-28-20-18-16-14-12-10-8-6-4-2/h12,14,18,20,65-66,70-71H,3-11,13,15-17,19,21-64H2,1-2H3,(H,69,72)/b14-12-,20-18-. The Bertz CT molecular complexity index is 1150. The lowest BCUT2D eigenvalue weighted by Gasteiger charge is -2.22. The van der Waals surface area contributed by atoms with Crippen molar-refractivity contribution in [1.29, 1.82) is 0 Å². The molecule has 2 atom stereocenters. The fraction of sp³-hybridized carbons (Fsp3) is 0.912. The first-order valence-corrected chi connectivity index (χ1v) is 33.6. The van der Waals surface area contributed by atoms with Crippen LogP contribution in [0.25, 0.3) is 0 Å². The maximum Gasteiger partial charge on any atom is 0.305 e. The number of hydrogen-bond acceptors (Lipinski definition) is 5. The highest BCUT2D eigenvalue weighted by Gasteiger charge is 2.20. The highest BCUT2D eigenvalue weighted by molar-refractivity contribution is 5.76. The van der Waals surface area contributed by atoms with Crippen LogP contribution in [0.1, 0.15) is 373 Å². The molecule has 6 nitrogen and oxygen atoms in total. The Labute approximate surface area is 462 Å². The Hall–Kier alpha value is -1.66. The molecule has 0 bridgehead atoms. The van der Waals surface area contributed by atoms with Gasteiger partial charge in [-0.05, 0) is 57.8 Å². The Morgan fingerprint density at radius 3 is 1.05 bits per heavy atom. The largest absolute Gasteiger partial charge is 0.466 e. The molecule has 0 aromatic carbocycles. The summed E-state index contributed by atoms with van der Waals surface area (Å²) in [5, 5.41) is 23.4. The van der Waals surface area contributed by atoms with Gasteiger partial charge in [-0.2, -0.15) is 0 Å². The second-order valence-corrected chi connectivity index (χ2v) is 23.2. The van der Waals surface area contributed by atoms with E-state index < -0.39 is 12.1 Å². The van der Waals surface area contributed by atoms with Crippen LogP contribution >= 0.6 is 0 Å². The summed E-state index contributed by atoms with van der Waals surface area (Å²) in [6.45, 7) is 4.96. The summed E-state index contributed by atoms with van der Waals surface area (Å²) in [6, 6.07) is -0.542. The third-order valence-corrected chi connectivity index (χ3v) is 15.8. The van der Waals surface area contributed by atoms with Crippen LogP contribution in [0.5, 0.6) is 0 Å². The quantitative estimate of drug-likeness (QED) is 0.0320. The Morgan fingerprint density at radius 1 is 0.378 bits per heavy atom. The van der Waals surface area contributed by atoms with Crippen LogP contribution < -0.4 is 5.32 Å². The highest BCUT2D eigenvalue weighted by Crippen LogP contribution is 2.19. The van der Waals surface area contributed by atoms with Crippen LogP contribution in [0.4, 0.5) is 0 Å². The van der Waals surface area contributed by atoms with Gasteiger partial charge in [-0.25, -0.2) is 0 Å². The molecule has 1 amide bonds. The molecule has 6 heteroatoms. The normalized spacial score (nSPS) is 12.6. The fourth-order valence-electron chi connectivity index (χ4n) is 10.6. The van der Waals surface area contributed by atoms with E-state index in [4.69, 9.17) is 4.74 Å². The van der Waals surface area contributed by atoms with Crippen molar-refractivity contribution in [2.45, 2.75) is 386 Å². The molecule has 0 spiro atoms. The van der Waals surface area contributed by atoms with Gasteiger partial charge < -0.3 is 20.3 Å². The topological polar surface area (TPSA) is 95.9 Å². The average Bonchev–Trinajstić information content (AvgIpc) is 3.40. The van der Waals surface area contributed by atoms with Gasteiger partial charge in [-0.15, -0.1) is 0 Å². The summed E-state index contributed by atoms with van der Waals surface area (Å²) >= 11 is 0. The van der Waals surface area contributed by atoms with Gasteiger partial charge >= 0.3 is 5.97 Å². The van der Waals surface area contributed by atoms with Gasteiger partial charge in [0.05, 0.1) is 25.4 Å². The molecule has 0 heterocycles. The van der Waals surface area contributed by atoms with Crippen LogP contribution in [0.3, 0.4) is 0 Å². The van der Waals surface area contributed by atoms with Crippen molar-refractivity contribution >= 4 is 11.9 Å². The maximum absolute atomic E-state index is 12.5. The maximum atomic E-state index is 12.5. The number of nitrogens with one attached hydrogen (secondary N) is 1. The van der Waals surface area contributed by atoms with Gasteiger partial charge in [-0.1, -0.05) is 327 Å². The molecule has 74 heavy (non-hydrogen) atoms. The van der Waals surface area contributed by atoms with E-state index in [-0.39, 0.29) is 18.5 Å². The molecule has 438 valence electrons. The van der Waals surface area contributed by atoms with Crippen LogP contribution in [-0.2, 0) is 14.3 Å². The van der Waals surface area contributed by atoms with E-state index in [1.54, 1.807) is 0 Å². The first-order valence-electron chi connectivity index (χ1n) is 33.6. The van der Waals surface area contributed by atoms with E-state index in [0.717, 1.165) is 51.4 Å². The molecular weight excluding hydrogens is 911 g/mol. The van der Waals surface area contributed by atoms with E-state index in [2.05, 4.69) is 43.5 Å². The van der Waals surface area contributed by atoms with Gasteiger partial charge in [0.25, 0.3) is 0 Å². The number of aliphatic hydroxyl groups is 2. The highest BCUT2D eigenvalue weighted by atomic mass is 16.5. The lowest BCUT2D eigenvalue weighted by molar-refractivity contribution is -0.143. The summed E-state index contributed by atoms with van der Waals surface area (Å²) in [6.07, 6.45) is 79.1. The van der Waals surface area contributed by atoms with E-state index >= 15 is 0 Å². The lowest BCUT2D eigenvalue weighted by atomic mass is 10.0. The first kappa shape index (κ1) is 72.3. The van der Waals surface area contributed by atoms with Crippen molar-refractivity contribution in [2.75, 3.05) is 13.2 Å². The zero-order valence-electron chi connectivity index (χ0n) is 50.1. The number of unbranched alkanes of at least 4 members (excludes halogenated alkanes) is 48. The second kappa shape index (κ2) is 63.9. The first-order chi connectivity index (χ1) is 36.5. The zero-order valence-corrected chi connectivity index (χ0v) is 50.1. The Morgan fingerprint density at radius 2 is 0.676 bits per heavy atom. The average molecular weight is 1040 g/mol. The van der Waals surface area contributed by atoms with Crippen LogP contribution in [-0.4, -0.2) is 47.4 Å². The number of rotatable bonds is 63. The lowest BCUT2D eigenvalue weighted by Crippen LogP contribution is -2.45. The van der Waals surface area contributed by atoms with Crippen molar-refractivity contribution in [3.8, 4) is 0 Å². The second-order valence-electron chi connectivity index (χ2n) is 23.2. The van der Waals surface area contributed by atoms with E-state index in [0.29, 0.717) is 25.9 Å². The zero-order chi connectivity index (χ0) is 53.6.